The van der Waals surface area contributed by atoms with Crippen LogP contribution in [0.3, 0.4) is 0 Å². The van der Waals surface area contributed by atoms with E-state index in [9.17, 15) is 0 Å². The Morgan fingerprint density at radius 1 is 1.28 bits per heavy atom. The molecule has 1 fully saturated rings. The summed E-state index contributed by atoms with van der Waals surface area (Å²) in [7, 11) is 0. The van der Waals surface area contributed by atoms with Gasteiger partial charge in [0.2, 0.25) is 11.2 Å². The summed E-state index contributed by atoms with van der Waals surface area (Å²) in [6.45, 7) is 4.09. The lowest BCUT2D eigenvalue weighted by molar-refractivity contribution is 0.657. The van der Waals surface area contributed by atoms with Crippen LogP contribution in [0.15, 0.2) is 12.7 Å². The number of aromatic nitrogens is 6. The molecule has 1 unspecified atom stereocenters. The predicted octanol–water partition coefficient (Wildman–Crippen LogP) is 0.952. The second-order valence-electron chi connectivity index (χ2n) is 4.38. The van der Waals surface area contributed by atoms with Gasteiger partial charge in [0.1, 0.15) is 12.7 Å². The molecule has 1 aliphatic heterocycles. The SMILES string of the molecule is CC1CCN(c2nc(Cl)nc(-n3cncn3)n2)C1. The van der Waals surface area contributed by atoms with Gasteiger partial charge in [0.25, 0.3) is 5.95 Å². The van der Waals surface area contributed by atoms with Gasteiger partial charge in [-0.05, 0) is 23.9 Å². The summed E-state index contributed by atoms with van der Waals surface area (Å²) in [5, 5.41) is 4.16. The van der Waals surface area contributed by atoms with E-state index < -0.39 is 0 Å². The highest BCUT2D eigenvalue weighted by Gasteiger charge is 2.22. The van der Waals surface area contributed by atoms with E-state index in [1.54, 1.807) is 0 Å². The number of hydrogen-bond donors (Lipinski definition) is 0. The molecule has 1 aliphatic rings. The van der Waals surface area contributed by atoms with Crippen molar-refractivity contribution >= 4 is 17.5 Å². The highest BCUT2D eigenvalue weighted by atomic mass is 35.5. The smallest absolute Gasteiger partial charge is 0.258 e. The molecule has 0 radical (unpaired) electrons. The molecule has 0 amide bonds. The summed E-state index contributed by atoms with van der Waals surface area (Å²) < 4.78 is 1.47. The largest absolute Gasteiger partial charge is 0.340 e. The van der Waals surface area contributed by atoms with Crippen molar-refractivity contribution in [1.82, 2.24) is 29.7 Å². The topological polar surface area (TPSA) is 72.6 Å². The molecule has 8 heteroatoms. The van der Waals surface area contributed by atoms with Gasteiger partial charge in [-0.15, -0.1) is 0 Å². The Kier molecular flexibility index (Phi) is 2.83. The number of anilines is 1. The molecule has 2 aromatic heterocycles. The maximum atomic E-state index is 5.93. The van der Waals surface area contributed by atoms with Crippen LogP contribution >= 0.6 is 11.6 Å². The zero-order chi connectivity index (χ0) is 12.5. The molecule has 0 aliphatic carbocycles. The Morgan fingerprint density at radius 3 is 2.78 bits per heavy atom. The van der Waals surface area contributed by atoms with E-state index in [0.717, 1.165) is 19.5 Å². The molecule has 1 saturated heterocycles. The fraction of sp³-hybridized carbons (Fsp3) is 0.500. The van der Waals surface area contributed by atoms with E-state index in [1.165, 1.54) is 17.3 Å². The van der Waals surface area contributed by atoms with Gasteiger partial charge < -0.3 is 4.90 Å². The average molecular weight is 266 g/mol. The molecule has 0 spiro atoms. The molecule has 2 aromatic rings. The predicted molar refractivity (Wildman–Crippen MR) is 65.7 cm³/mol. The summed E-state index contributed by atoms with van der Waals surface area (Å²) in [5.74, 6) is 1.64. The second-order valence-corrected chi connectivity index (χ2v) is 4.72. The first kappa shape index (κ1) is 11.3. The van der Waals surface area contributed by atoms with Crippen molar-refractivity contribution in [1.29, 1.82) is 0 Å². The van der Waals surface area contributed by atoms with Crippen molar-refractivity contribution < 1.29 is 0 Å². The van der Waals surface area contributed by atoms with Crippen molar-refractivity contribution in [3.63, 3.8) is 0 Å². The monoisotopic (exact) mass is 265 g/mol. The first-order valence-electron chi connectivity index (χ1n) is 5.74. The van der Waals surface area contributed by atoms with Crippen LogP contribution in [0.5, 0.6) is 0 Å². The third kappa shape index (κ3) is 2.13. The van der Waals surface area contributed by atoms with E-state index in [2.05, 4.69) is 36.9 Å². The maximum Gasteiger partial charge on any atom is 0.258 e. The Labute approximate surface area is 109 Å². The molecule has 18 heavy (non-hydrogen) atoms. The molecule has 0 N–H and O–H groups in total. The lowest BCUT2D eigenvalue weighted by Gasteiger charge is -2.15. The van der Waals surface area contributed by atoms with Crippen molar-refractivity contribution in [2.24, 2.45) is 5.92 Å². The van der Waals surface area contributed by atoms with Gasteiger partial charge >= 0.3 is 0 Å². The quantitative estimate of drug-likeness (QED) is 0.805. The summed E-state index contributed by atoms with van der Waals surface area (Å²) in [4.78, 5) is 18.6. The molecule has 3 heterocycles. The lowest BCUT2D eigenvalue weighted by atomic mass is 10.2. The summed E-state index contributed by atoms with van der Waals surface area (Å²) in [6, 6.07) is 0. The van der Waals surface area contributed by atoms with Crippen LogP contribution in [0.25, 0.3) is 5.95 Å². The van der Waals surface area contributed by atoms with Crippen LogP contribution in [-0.4, -0.2) is 42.8 Å². The molecular formula is C10H12ClN7. The molecule has 94 valence electrons. The summed E-state index contributed by atoms with van der Waals surface area (Å²) in [5.41, 5.74) is 0. The Balaban J connectivity index is 1.96. The Hall–Kier alpha value is -1.76. The van der Waals surface area contributed by atoms with Crippen LogP contribution in [-0.2, 0) is 0 Å². The molecule has 1 atom stereocenters. The molecule has 0 bridgehead atoms. The van der Waals surface area contributed by atoms with Gasteiger partial charge in [-0.1, -0.05) is 6.92 Å². The third-order valence-electron chi connectivity index (χ3n) is 2.91. The van der Waals surface area contributed by atoms with Crippen LogP contribution < -0.4 is 4.90 Å². The minimum absolute atomic E-state index is 0.171. The van der Waals surface area contributed by atoms with E-state index in [-0.39, 0.29) is 5.28 Å². The standard InChI is InChI=1S/C10H12ClN7/c1-7-2-3-17(4-7)9-14-8(11)15-10(16-9)18-6-12-5-13-18/h5-7H,2-4H2,1H3. The Bertz CT molecular complexity index is 541. The zero-order valence-electron chi connectivity index (χ0n) is 9.86. The van der Waals surface area contributed by atoms with Crippen molar-refractivity contribution in [2.75, 3.05) is 18.0 Å². The second kappa shape index (κ2) is 4.49. The first-order chi connectivity index (χ1) is 8.72. The van der Waals surface area contributed by atoms with E-state index in [4.69, 9.17) is 11.6 Å². The number of nitrogens with zero attached hydrogens (tertiary/aromatic N) is 7. The van der Waals surface area contributed by atoms with Gasteiger partial charge in [-0.25, -0.2) is 4.98 Å². The van der Waals surface area contributed by atoms with Gasteiger partial charge in [0.15, 0.2) is 0 Å². The Morgan fingerprint density at radius 2 is 2.11 bits per heavy atom. The van der Waals surface area contributed by atoms with Gasteiger partial charge in [-0.3, -0.25) is 0 Å². The van der Waals surface area contributed by atoms with Gasteiger partial charge in [0.05, 0.1) is 0 Å². The van der Waals surface area contributed by atoms with Gasteiger partial charge in [-0.2, -0.15) is 24.7 Å². The minimum Gasteiger partial charge on any atom is -0.340 e. The van der Waals surface area contributed by atoms with E-state index >= 15 is 0 Å². The maximum absolute atomic E-state index is 5.93. The zero-order valence-corrected chi connectivity index (χ0v) is 10.6. The van der Waals surface area contributed by atoms with Crippen LogP contribution in [0.1, 0.15) is 13.3 Å². The van der Waals surface area contributed by atoms with E-state index in [0.29, 0.717) is 17.8 Å². The summed E-state index contributed by atoms with van der Waals surface area (Å²) >= 11 is 5.93. The molecule has 7 nitrogen and oxygen atoms in total. The third-order valence-corrected chi connectivity index (χ3v) is 3.08. The van der Waals surface area contributed by atoms with Crippen LogP contribution in [0, 0.1) is 5.92 Å². The molecular weight excluding hydrogens is 254 g/mol. The number of halogens is 1. The average Bonchev–Trinajstić information content (AvgIpc) is 2.98. The number of rotatable bonds is 2. The lowest BCUT2D eigenvalue weighted by Crippen LogP contribution is -2.23. The highest BCUT2D eigenvalue weighted by molar-refractivity contribution is 6.28. The van der Waals surface area contributed by atoms with Gasteiger partial charge in [0, 0.05) is 13.1 Å². The fourth-order valence-electron chi connectivity index (χ4n) is 2.00. The first-order valence-corrected chi connectivity index (χ1v) is 6.11. The van der Waals surface area contributed by atoms with Crippen molar-refractivity contribution in [2.45, 2.75) is 13.3 Å². The normalized spacial score (nSPS) is 19.4. The summed E-state index contributed by atoms with van der Waals surface area (Å²) in [6.07, 6.45) is 4.10. The van der Waals surface area contributed by atoms with Crippen LogP contribution in [0.2, 0.25) is 5.28 Å². The number of hydrogen-bond acceptors (Lipinski definition) is 6. The van der Waals surface area contributed by atoms with Crippen molar-refractivity contribution in [3.05, 3.63) is 17.9 Å². The fourth-order valence-corrected chi connectivity index (χ4v) is 2.15. The van der Waals surface area contributed by atoms with Crippen molar-refractivity contribution in [3.8, 4) is 5.95 Å². The molecule has 3 rings (SSSR count). The minimum atomic E-state index is 0.171. The molecule has 0 aromatic carbocycles. The molecule has 0 saturated carbocycles. The van der Waals surface area contributed by atoms with E-state index in [1.807, 2.05) is 0 Å². The highest BCUT2D eigenvalue weighted by Crippen LogP contribution is 2.21. The van der Waals surface area contributed by atoms with Crippen LogP contribution in [0.4, 0.5) is 5.95 Å².